The van der Waals surface area contributed by atoms with Crippen LogP contribution in [-0.2, 0) is 11.3 Å². The minimum atomic E-state index is -0.147. The molecule has 22 heavy (non-hydrogen) atoms. The first-order valence-electron chi connectivity index (χ1n) is 7.38. The van der Waals surface area contributed by atoms with Crippen molar-refractivity contribution in [2.45, 2.75) is 6.54 Å². The van der Waals surface area contributed by atoms with E-state index in [2.05, 4.69) is 23.4 Å². The first-order chi connectivity index (χ1) is 10.7. The maximum Gasteiger partial charge on any atom is 0.255 e. The minimum absolute atomic E-state index is 0.147. The molecule has 0 atom stereocenters. The van der Waals surface area contributed by atoms with Crippen molar-refractivity contribution in [3.8, 4) is 0 Å². The van der Waals surface area contributed by atoms with Crippen LogP contribution in [0, 0.1) is 0 Å². The molecule has 1 saturated heterocycles. The van der Waals surface area contributed by atoms with E-state index >= 15 is 0 Å². The monoisotopic (exact) mass is 298 g/mol. The van der Waals surface area contributed by atoms with Crippen LogP contribution in [0.15, 0.2) is 61.3 Å². The predicted octanol–water partition coefficient (Wildman–Crippen LogP) is 2.50. The van der Waals surface area contributed by atoms with Gasteiger partial charge in [-0.3, -0.25) is 9.69 Å². The fourth-order valence-corrected chi connectivity index (χ4v) is 2.27. The number of carbonyl (C=O) groups is 1. The molecule has 0 radical (unpaired) electrons. The van der Waals surface area contributed by atoms with Crippen LogP contribution in [0.3, 0.4) is 0 Å². The molecule has 0 bridgehead atoms. The minimum Gasteiger partial charge on any atom is -0.379 e. The molecule has 1 aromatic rings. The quantitative estimate of drug-likeness (QED) is 0.821. The average Bonchev–Trinajstić information content (AvgIpc) is 2.56. The van der Waals surface area contributed by atoms with Crippen molar-refractivity contribution in [1.82, 2.24) is 10.2 Å². The van der Waals surface area contributed by atoms with Gasteiger partial charge in [0.15, 0.2) is 0 Å². The van der Waals surface area contributed by atoms with Crippen molar-refractivity contribution in [2.75, 3.05) is 26.3 Å². The average molecular weight is 298 g/mol. The van der Waals surface area contributed by atoms with Crippen LogP contribution in [0.1, 0.15) is 15.9 Å². The normalized spacial score (nSPS) is 16.1. The highest BCUT2D eigenvalue weighted by Crippen LogP contribution is 2.10. The number of hydrogen-bond donors (Lipinski definition) is 1. The Morgan fingerprint density at radius 1 is 1.23 bits per heavy atom. The molecule has 1 N–H and O–H groups in total. The summed E-state index contributed by atoms with van der Waals surface area (Å²) in [5.41, 5.74) is 2.46. The van der Waals surface area contributed by atoms with Crippen LogP contribution in [-0.4, -0.2) is 37.1 Å². The third-order valence-electron chi connectivity index (χ3n) is 3.50. The lowest BCUT2D eigenvalue weighted by Gasteiger charge is -2.26. The zero-order valence-electron chi connectivity index (χ0n) is 12.8. The molecule has 1 aromatic carbocycles. The van der Waals surface area contributed by atoms with Gasteiger partial charge in [0.25, 0.3) is 5.91 Å². The first-order valence-corrected chi connectivity index (χ1v) is 7.38. The first kappa shape index (κ1) is 16.2. The lowest BCUT2D eigenvalue weighted by Crippen LogP contribution is -2.35. The summed E-state index contributed by atoms with van der Waals surface area (Å²) in [6.07, 6.45) is 4.91. The molecule has 116 valence electrons. The van der Waals surface area contributed by atoms with E-state index in [-0.39, 0.29) is 5.91 Å². The van der Waals surface area contributed by atoms with E-state index in [9.17, 15) is 4.79 Å². The zero-order valence-corrected chi connectivity index (χ0v) is 12.8. The topological polar surface area (TPSA) is 41.6 Å². The van der Waals surface area contributed by atoms with Crippen molar-refractivity contribution < 1.29 is 9.53 Å². The summed E-state index contributed by atoms with van der Waals surface area (Å²) in [6, 6.07) is 7.68. The molecule has 1 heterocycles. The number of amides is 1. The van der Waals surface area contributed by atoms with E-state index in [1.165, 1.54) is 5.56 Å². The number of carbonyl (C=O) groups excluding carboxylic acids is 1. The molecule has 1 amide bonds. The molecule has 0 unspecified atom stereocenters. The van der Waals surface area contributed by atoms with Gasteiger partial charge in [-0.1, -0.05) is 31.4 Å². The Morgan fingerprint density at radius 3 is 2.50 bits per heavy atom. The standard InChI is InChI=1S/C18H22N2O2/c1-3-5-17(4-2)19-18(21)16-8-6-15(7-9-16)14-20-10-12-22-13-11-20/h3-9H,1-2,10-14H2,(H,19,21)/b17-5+. The lowest BCUT2D eigenvalue weighted by atomic mass is 10.1. The maximum atomic E-state index is 12.1. The van der Waals surface area contributed by atoms with Crippen molar-refractivity contribution >= 4 is 5.91 Å². The summed E-state index contributed by atoms with van der Waals surface area (Å²) in [5, 5.41) is 2.79. The van der Waals surface area contributed by atoms with Gasteiger partial charge in [0.2, 0.25) is 0 Å². The van der Waals surface area contributed by atoms with Crippen LogP contribution in [0.5, 0.6) is 0 Å². The SMILES string of the molecule is C=C/C=C(\C=C)NC(=O)c1ccc(CN2CCOCC2)cc1. The molecule has 4 nitrogen and oxygen atoms in total. The van der Waals surface area contributed by atoms with Gasteiger partial charge in [-0.05, 0) is 29.8 Å². The summed E-state index contributed by atoms with van der Waals surface area (Å²) >= 11 is 0. The Labute approximate surface area is 131 Å². The molecule has 1 aliphatic rings. The van der Waals surface area contributed by atoms with Crippen molar-refractivity contribution in [3.63, 3.8) is 0 Å². The third kappa shape index (κ3) is 4.69. The summed E-state index contributed by atoms with van der Waals surface area (Å²) in [6.45, 7) is 11.6. The number of hydrogen-bond acceptors (Lipinski definition) is 3. The Balaban J connectivity index is 1.95. The van der Waals surface area contributed by atoms with E-state index in [0.29, 0.717) is 11.3 Å². The van der Waals surface area contributed by atoms with Gasteiger partial charge >= 0.3 is 0 Å². The van der Waals surface area contributed by atoms with E-state index in [0.717, 1.165) is 32.8 Å². The van der Waals surface area contributed by atoms with Gasteiger partial charge in [0.05, 0.1) is 13.2 Å². The summed E-state index contributed by atoms with van der Waals surface area (Å²) in [5.74, 6) is -0.147. The number of rotatable bonds is 6. The van der Waals surface area contributed by atoms with Crippen molar-refractivity contribution in [1.29, 1.82) is 0 Å². The molecule has 0 saturated carbocycles. The van der Waals surface area contributed by atoms with Crippen LogP contribution in [0.4, 0.5) is 0 Å². The van der Waals surface area contributed by atoms with E-state index in [1.807, 2.05) is 24.3 Å². The number of nitrogens with one attached hydrogen (secondary N) is 1. The highest BCUT2D eigenvalue weighted by atomic mass is 16.5. The Kier molecular flexibility index (Phi) is 6.13. The van der Waals surface area contributed by atoms with E-state index in [1.54, 1.807) is 18.2 Å². The second kappa shape index (κ2) is 8.32. The van der Waals surface area contributed by atoms with Gasteiger partial charge in [0.1, 0.15) is 0 Å². The second-order valence-electron chi connectivity index (χ2n) is 5.10. The number of allylic oxidation sites excluding steroid dienone is 3. The molecule has 0 spiro atoms. The Bertz CT molecular complexity index is 555. The molecule has 2 rings (SSSR count). The van der Waals surface area contributed by atoms with Gasteiger partial charge in [-0.2, -0.15) is 0 Å². The fraction of sp³-hybridized carbons (Fsp3) is 0.278. The van der Waals surface area contributed by atoms with E-state index < -0.39 is 0 Å². The molecule has 0 aromatic heterocycles. The molecule has 0 aliphatic carbocycles. The van der Waals surface area contributed by atoms with Crippen LogP contribution in [0.2, 0.25) is 0 Å². The number of benzene rings is 1. The van der Waals surface area contributed by atoms with Crippen molar-refractivity contribution in [2.24, 2.45) is 0 Å². The smallest absolute Gasteiger partial charge is 0.255 e. The zero-order chi connectivity index (χ0) is 15.8. The van der Waals surface area contributed by atoms with Crippen LogP contribution in [0.25, 0.3) is 0 Å². The van der Waals surface area contributed by atoms with Crippen LogP contribution >= 0.6 is 0 Å². The molecular formula is C18H22N2O2. The number of ether oxygens (including phenoxy) is 1. The summed E-state index contributed by atoms with van der Waals surface area (Å²) in [4.78, 5) is 14.5. The summed E-state index contributed by atoms with van der Waals surface area (Å²) < 4.78 is 5.34. The van der Waals surface area contributed by atoms with Crippen LogP contribution < -0.4 is 5.32 Å². The molecular weight excluding hydrogens is 276 g/mol. The lowest BCUT2D eigenvalue weighted by molar-refractivity contribution is 0.0342. The fourth-order valence-electron chi connectivity index (χ4n) is 2.27. The number of morpholine rings is 1. The van der Waals surface area contributed by atoms with Gasteiger partial charge in [0, 0.05) is 30.9 Å². The van der Waals surface area contributed by atoms with Crippen molar-refractivity contribution in [3.05, 3.63) is 72.5 Å². The third-order valence-corrected chi connectivity index (χ3v) is 3.50. The molecule has 1 aliphatic heterocycles. The van der Waals surface area contributed by atoms with E-state index in [4.69, 9.17) is 4.74 Å². The highest BCUT2D eigenvalue weighted by Gasteiger charge is 2.11. The molecule has 1 fully saturated rings. The largest absolute Gasteiger partial charge is 0.379 e. The second-order valence-corrected chi connectivity index (χ2v) is 5.10. The number of nitrogens with zero attached hydrogens (tertiary/aromatic N) is 1. The predicted molar refractivity (Wildman–Crippen MR) is 88.5 cm³/mol. The molecule has 4 heteroatoms. The van der Waals surface area contributed by atoms with Gasteiger partial charge < -0.3 is 10.1 Å². The van der Waals surface area contributed by atoms with Gasteiger partial charge in [-0.25, -0.2) is 0 Å². The highest BCUT2D eigenvalue weighted by molar-refractivity contribution is 5.95. The summed E-state index contributed by atoms with van der Waals surface area (Å²) in [7, 11) is 0. The Hall–Kier alpha value is -2.17. The van der Waals surface area contributed by atoms with Gasteiger partial charge in [-0.15, -0.1) is 0 Å². The maximum absolute atomic E-state index is 12.1. The Morgan fingerprint density at radius 2 is 1.91 bits per heavy atom.